The normalized spacial score (nSPS) is 23.3. The molecule has 0 amide bonds. The van der Waals surface area contributed by atoms with Gasteiger partial charge in [0.05, 0.1) is 18.5 Å². The molecule has 0 aliphatic carbocycles. The Labute approximate surface area is 163 Å². The summed E-state index contributed by atoms with van der Waals surface area (Å²) in [5, 5.41) is 4.14. The largest absolute Gasteiger partial charge is 0.463 e. The number of nitrogens with zero attached hydrogens (tertiary/aromatic N) is 4. The molecule has 5 rings (SSSR count). The van der Waals surface area contributed by atoms with Crippen LogP contribution < -0.4 is 10.9 Å². The zero-order valence-corrected chi connectivity index (χ0v) is 15.7. The third-order valence-electron chi connectivity index (χ3n) is 5.46. The fourth-order valence-corrected chi connectivity index (χ4v) is 4.00. The molecule has 3 aromatic heterocycles. The quantitative estimate of drug-likeness (QED) is 0.698. The number of furan rings is 1. The van der Waals surface area contributed by atoms with Crippen molar-refractivity contribution in [3.05, 3.63) is 54.1 Å². The van der Waals surface area contributed by atoms with E-state index in [1.54, 1.807) is 12.4 Å². The molecule has 5 heterocycles. The van der Waals surface area contributed by atoms with Crippen LogP contribution in [0.1, 0.15) is 48.6 Å². The molecule has 2 fully saturated rings. The molecule has 8 heteroatoms. The van der Waals surface area contributed by atoms with Crippen molar-refractivity contribution < 1.29 is 8.94 Å². The second-order valence-electron chi connectivity index (χ2n) is 7.49. The van der Waals surface area contributed by atoms with E-state index in [-0.39, 0.29) is 12.0 Å². The van der Waals surface area contributed by atoms with Crippen LogP contribution in [0.5, 0.6) is 0 Å². The van der Waals surface area contributed by atoms with Crippen LogP contribution in [0.25, 0.3) is 11.4 Å². The van der Waals surface area contributed by atoms with Crippen LogP contribution in [0.3, 0.4) is 0 Å². The topological polar surface area (TPSA) is 92.2 Å². The number of rotatable bonds is 5. The first-order valence-electron chi connectivity index (χ1n) is 9.88. The Bertz CT molecular complexity index is 902. The number of hydrogen-bond acceptors (Lipinski definition) is 8. The van der Waals surface area contributed by atoms with Crippen LogP contribution in [-0.4, -0.2) is 39.7 Å². The molecule has 2 saturated heterocycles. The fourth-order valence-electron chi connectivity index (χ4n) is 4.00. The summed E-state index contributed by atoms with van der Waals surface area (Å²) in [5.74, 6) is 3.58. The van der Waals surface area contributed by atoms with E-state index in [0.717, 1.165) is 62.5 Å². The summed E-state index contributed by atoms with van der Waals surface area (Å²) in [4.78, 5) is 11.2. The van der Waals surface area contributed by atoms with Gasteiger partial charge in [0.25, 0.3) is 0 Å². The van der Waals surface area contributed by atoms with Crippen molar-refractivity contribution in [2.75, 3.05) is 19.6 Å². The summed E-state index contributed by atoms with van der Waals surface area (Å²) in [6.45, 7) is 3.73. The summed E-state index contributed by atoms with van der Waals surface area (Å²) < 4.78 is 11.6. The zero-order valence-electron chi connectivity index (χ0n) is 15.7. The van der Waals surface area contributed by atoms with Gasteiger partial charge in [-0.25, -0.2) is 5.43 Å². The molecule has 2 aliphatic heterocycles. The highest BCUT2D eigenvalue weighted by atomic mass is 16.5. The first-order valence-corrected chi connectivity index (χ1v) is 9.88. The maximum Gasteiger partial charge on any atom is 0.231 e. The Hall–Kier alpha value is -2.55. The monoisotopic (exact) mass is 380 g/mol. The van der Waals surface area contributed by atoms with E-state index in [4.69, 9.17) is 8.94 Å². The lowest BCUT2D eigenvalue weighted by atomic mass is 9.98. The first kappa shape index (κ1) is 17.5. The SMILES string of the molecule is c1cncc(-c2noc(C3CCCN(Cc4ccc(C5CCNN5)o4)C3)n2)c1. The second-order valence-corrected chi connectivity index (χ2v) is 7.49. The van der Waals surface area contributed by atoms with Gasteiger partial charge in [0.15, 0.2) is 0 Å². The number of nitrogens with one attached hydrogen (secondary N) is 2. The summed E-state index contributed by atoms with van der Waals surface area (Å²) >= 11 is 0. The minimum atomic E-state index is 0.252. The highest BCUT2D eigenvalue weighted by molar-refractivity contribution is 5.51. The molecule has 0 bridgehead atoms. The Kier molecular flexibility index (Phi) is 4.90. The van der Waals surface area contributed by atoms with Crippen molar-refractivity contribution in [2.24, 2.45) is 0 Å². The van der Waals surface area contributed by atoms with Crippen LogP contribution in [0.4, 0.5) is 0 Å². The van der Waals surface area contributed by atoms with Crippen molar-refractivity contribution >= 4 is 0 Å². The summed E-state index contributed by atoms with van der Waals surface area (Å²) in [7, 11) is 0. The smallest absolute Gasteiger partial charge is 0.231 e. The van der Waals surface area contributed by atoms with Crippen LogP contribution in [-0.2, 0) is 6.54 Å². The Morgan fingerprint density at radius 3 is 3.07 bits per heavy atom. The van der Waals surface area contributed by atoms with Crippen LogP contribution in [0.2, 0.25) is 0 Å². The molecule has 0 radical (unpaired) electrons. The minimum Gasteiger partial charge on any atom is -0.463 e. The van der Waals surface area contributed by atoms with Crippen molar-refractivity contribution in [1.82, 2.24) is 30.9 Å². The zero-order chi connectivity index (χ0) is 18.8. The molecule has 2 N–H and O–H groups in total. The number of piperidine rings is 1. The Morgan fingerprint density at radius 1 is 1.21 bits per heavy atom. The number of likely N-dealkylation sites (tertiary alicyclic amines) is 1. The van der Waals surface area contributed by atoms with Gasteiger partial charge in [-0.3, -0.25) is 15.3 Å². The van der Waals surface area contributed by atoms with Gasteiger partial charge in [-0.1, -0.05) is 5.16 Å². The molecule has 0 aromatic carbocycles. The lowest BCUT2D eigenvalue weighted by Gasteiger charge is -2.30. The van der Waals surface area contributed by atoms with Crippen LogP contribution in [0.15, 0.2) is 45.6 Å². The maximum absolute atomic E-state index is 6.07. The average molecular weight is 380 g/mol. The highest BCUT2D eigenvalue weighted by Gasteiger charge is 2.27. The van der Waals surface area contributed by atoms with Gasteiger partial charge in [-0.05, 0) is 50.1 Å². The Balaban J connectivity index is 1.23. The van der Waals surface area contributed by atoms with E-state index < -0.39 is 0 Å². The van der Waals surface area contributed by atoms with E-state index in [2.05, 4.69) is 43.0 Å². The lowest BCUT2D eigenvalue weighted by molar-refractivity contribution is 0.168. The molecule has 0 saturated carbocycles. The van der Waals surface area contributed by atoms with Crippen molar-refractivity contribution in [1.29, 1.82) is 0 Å². The number of hydrazine groups is 1. The van der Waals surface area contributed by atoms with E-state index in [9.17, 15) is 0 Å². The third-order valence-corrected chi connectivity index (χ3v) is 5.46. The standard InChI is InChI=1S/C20H24N6O2/c1-3-14(11-21-8-1)19-23-20(28-25-19)15-4-2-10-26(12-15)13-16-5-6-18(27-16)17-7-9-22-24-17/h1,3,5-6,8,11,15,17,22,24H,2,4,7,9-10,12-13H2. The van der Waals surface area contributed by atoms with Gasteiger partial charge >= 0.3 is 0 Å². The van der Waals surface area contributed by atoms with Crippen LogP contribution in [0, 0.1) is 0 Å². The van der Waals surface area contributed by atoms with Crippen molar-refractivity contribution in [3.63, 3.8) is 0 Å². The molecule has 2 atom stereocenters. The lowest BCUT2D eigenvalue weighted by Crippen LogP contribution is -2.33. The van der Waals surface area contributed by atoms with Gasteiger partial charge in [-0.2, -0.15) is 4.98 Å². The first-order chi connectivity index (χ1) is 13.8. The van der Waals surface area contributed by atoms with Gasteiger partial charge in [-0.15, -0.1) is 0 Å². The molecule has 3 aromatic rings. The van der Waals surface area contributed by atoms with Crippen molar-refractivity contribution in [2.45, 2.75) is 37.8 Å². The molecule has 8 nitrogen and oxygen atoms in total. The highest BCUT2D eigenvalue weighted by Crippen LogP contribution is 2.29. The molecule has 2 unspecified atom stereocenters. The average Bonchev–Trinajstić information content (AvgIpc) is 3.50. The van der Waals surface area contributed by atoms with Gasteiger partial charge in [0.1, 0.15) is 11.5 Å². The van der Waals surface area contributed by atoms with Crippen LogP contribution >= 0.6 is 0 Å². The summed E-state index contributed by atoms with van der Waals surface area (Å²) in [6.07, 6.45) is 6.71. The maximum atomic E-state index is 6.07. The van der Waals surface area contributed by atoms with E-state index in [1.165, 1.54) is 0 Å². The van der Waals surface area contributed by atoms with Gasteiger partial charge in [0, 0.05) is 31.0 Å². The summed E-state index contributed by atoms with van der Waals surface area (Å²) in [6, 6.07) is 8.26. The predicted octanol–water partition coefficient (Wildman–Crippen LogP) is 2.64. The Morgan fingerprint density at radius 2 is 2.21 bits per heavy atom. The van der Waals surface area contributed by atoms with Gasteiger partial charge in [0.2, 0.25) is 11.7 Å². The predicted molar refractivity (Wildman–Crippen MR) is 102 cm³/mol. The van der Waals surface area contributed by atoms with E-state index >= 15 is 0 Å². The molecule has 2 aliphatic rings. The number of hydrogen-bond donors (Lipinski definition) is 2. The van der Waals surface area contributed by atoms with Gasteiger partial charge < -0.3 is 8.94 Å². The van der Waals surface area contributed by atoms with E-state index in [1.807, 2.05) is 12.1 Å². The molecular formula is C20H24N6O2. The third kappa shape index (κ3) is 3.71. The molecule has 0 spiro atoms. The van der Waals surface area contributed by atoms with Crippen molar-refractivity contribution in [3.8, 4) is 11.4 Å². The second kappa shape index (κ2) is 7.83. The summed E-state index contributed by atoms with van der Waals surface area (Å²) in [5.41, 5.74) is 7.27. The number of pyridine rings is 1. The molecule has 146 valence electrons. The fraction of sp³-hybridized carbons (Fsp3) is 0.450. The van der Waals surface area contributed by atoms with E-state index in [0.29, 0.717) is 11.7 Å². The molecule has 28 heavy (non-hydrogen) atoms. The number of aromatic nitrogens is 3. The molecular weight excluding hydrogens is 356 g/mol. The minimum absolute atomic E-state index is 0.252.